The van der Waals surface area contributed by atoms with Crippen LogP contribution in [0, 0.1) is 5.82 Å². The fourth-order valence-corrected chi connectivity index (χ4v) is 5.55. The predicted molar refractivity (Wildman–Crippen MR) is 125 cm³/mol. The third-order valence-electron chi connectivity index (χ3n) is 5.14. The van der Waals surface area contributed by atoms with Crippen LogP contribution < -0.4 is 10.2 Å². The van der Waals surface area contributed by atoms with E-state index in [9.17, 15) is 17.6 Å². The number of nitrogens with one attached hydrogen (secondary N) is 1. The second-order valence-electron chi connectivity index (χ2n) is 7.16. The summed E-state index contributed by atoms with van der Waals surface area (Å²) in [4.78, 5) is 15.6. The molecule has 2 aromatic rings. The molecule has 0 unspecified atom stereocenters. The van der Waals surface area contributed by atoms with Crippen molar-refractivity contribution in [1.82, 2.24) is 4.31 Å². The van der Waals surface area contributed by atoms with Crippen molar-refractivity contribution in [2.24, 2.45) is 0 Å². The summed E-state index contributed by atoms with van der Waals surface area (Å²) in [6.07, 6.45) is 0. The standard InChI is InChI=1S/C22H28FN3O4S2/c1-3-25(4-2)21-10-9-19(32(28,29)26-11-13-30-14-12-26)15-20(21)24-22(27)16-31-18-7-5-17(23)6-8-18/h5-10,15H,3-4,11-14,16H2,1-2H3,(H,24,27). The van der Waals surface area contributed by atoms with Crippen molar-refractivity contribution in [3.05, 3.63) is 48.3 Å². The summed E-state index contributed by atoms with van der Waals surface area (Å²) in [5.41, 5.74) is 1.21. The van der Waals surface area contributed by atoms with Crippen molar-refractivity contribution in [2.75, 3.05) is 55.4 Å². The summed E-state index contributed by atoms with van der Waals surface area (Å²) < 4.78 is 45.9. The highest BCUT2D eigenvalue weighted by atomic mass is 32.2. The minimum absolute atomic E-state index is 0.115. The Hall–Kier alpha value is -2.14. The van der Waals surface area contributed by atoms with Gasteiger partial charge in [0.25, 0.3) is 0 Å². The molecular formula is C22H28FN3O4S2. The highest BCUT2D eigenvalue weighted by Crippen LogP contribution is 2.31. The van der Waals surface area contributed by atoms with Crippen molar-refractivity contribution in [1.29, 1.82) is 0 Å². The molecule has 1 N–H and O–H groups in total. The molecule has 174 valence electrons. The Labute approximate surface area is 193 Å². The molecule has 1 heterocycles. The van der Waals surface area contributed by atoms with Gasteiger partial charge in [-0.05, 0) is 56.3 Å². The normalized spacial score (nSPS) is 14.8. The number of amides is 1. The Morgan fingerprint density at radius 2 is 1.78 bits per heavy atom. The number of morpholine rings is 1. The second-order valence-corrected chi connectivity index (χ2v) is 10.1. The van der Waals surface area contributed by atoms with E-state index in [-0.39, 0.29) is 22.4 Å². The van der Waals surface area contributed by atoms with Crippen LogP contribution in [-0.2, 0) is 19.6 Å². The first-order valence-corrected chi connectivity index (χ1v) is 12.9. The molecule has 1 saturated heterocycles. The topological polar surface area (TPSA) is 79.0 Å². The highest BCUT2D eigenvalue weighted by molar-refractivity contribution is 8.00. The number of rotatable bonds is 9. The number of anilines is 2. The van der Waals surface area contributed by atoms with Gasteiger partial charge >= 0.3 is 0 Å². The molecule has 3 rings (SSSR count). The Morgan fingerprint density at radius 3 is 2.41 bits per heavy atom. The molecule has 1 amide bonds. The molecular weight excluding hydrogens is 453 g/mol. The van der Waals surface area contributed by atoms with Gasteiger partial charge in [-0.3, -0.25) is 4.79 Å². The zero-order valence-corrected chi connectivity index (χ0v) is 19.8. The fraction of sp³-hybridized carbons (Fsp3) is 0.409. The molecule has 0 spiro atoms. The third-order valence-corrected chi connectivity index (χ3v) is 8.04. The van der Waals surface area contributed by atoms with E-state index < -0.39 is 10.0 Å². The lowest BCUT2D eigenvalue weighted by Gasteiger charge is -2.28. The van der Waals surface area contributed by atoms with E-state index in [1.165, 1.54) is 34.3 Å². The summed E-state index contributed by atoms with van der Waals surface area (Å²) in [7, 11) is -3.69. The van der Waals surface area contributed by atoms with E-state index in [0.717, 1.165) is 10.6 Å². The number of hydrogen-bond donors (Lipinski definition) is 1. The van der Waals surface area contributed by atoms with Gasteiger partial charge in [-0.2, -0.15) is 4.31 Å². The largest absolute Gasteiger partial charge is 0.379 e. The number of carbonyl (C=O) groups excluding carboxylic acids is 1. The predicted octanol–water partition coefficient (Wildman–Crippen LogP) is 3.42. The Balaban J connectivity index is 1.82. The van der Waals surface area contributed by atoms with Crippen LogP contribution in [0.3, 0.4) is 0 Å². The lowest BCUT2D eigenvalue weighted by Crippen LogP contribution is -2.40. The van der Waals surface area contributed by atoms with Crippen LogP contribution in [0.15, 0.2) is 52.3 Å². The van der Waals surface area contributed by atoms with Gasteiger partial charge in [0.1, 0.15) is 5.82 Å². The molecule has 0 saturated carbocycles. The summed E-state index contributed by atoms with van der Waals surface area (Å²) in [6, 6.07) is 10.8. The zero-order valence-electron chi connectivity index (χ0n) is 18.2. The van der Waals surface area contributed by atoms with Crippen molar-refractivity contribution in [3.8, 4) is 0 Å². The van der Waals surface area contributed by atoms with Crippen LogP contribution in [0.2, 0.25) is 0 Å². The molecule has 0 aliphatic carbocycles. The van der Waals surface area contributed by atoms with Crippen LogP contribution in [0.1, 0.15) is 13.8 Å². The van der Waals surface area contributed by atoms with Gasteiger partial charge in [0.2, 0.25) is 15.9 Å². The average Bonchev–Trinajstić information content (AvgIpc) is 2.81. The molecule has 7 nitrogen and oxygen atoms in total. The monoisotopic (exact) mass is 481 g/mol. The van der Waals surface area contributed by atoms with Crippen LogP contribution in [0.4, 0.5) is 15.8 Å². The number of halogens is 1. The summed E-state index contributed by atoms with van der Waals surface area (Å²) in [5.74, 6) is -0.487. The van der Waals surface area contributed by atoms with E-state index >= 15 is 0 Å². The minimum atomic E-state index is -3.69. The maximum Gasteiger partial charge on any atom is 0.243 e. The Bertz CT molecular complexity index is 1020. The molecule has 10 heteroatoms. The smallest absolute Gasteiger partial charge is 0.243 e. The minimum Gasteiger partial charge on any atom is -0.379 e. The first-order chi connectivity index (χ1) is 15.3. The second kappa shape index (κ2) is 11.1. The van der Waals surface area contributed by atoms with Gasteiger partial charge in [-0.25, -0.2) is 12.8 Å². The highest BCUT2D eigenvalue weighted by Gasteiger charge is 2.27. The zero-order chi connectivity index (χ0) is 23.1. The average molecular weight is 482 g/mol. The number of benzene rings is 2. The van der Waals surface area contributed by atoms with Crippen molar-refractivity contribution in [2.45, 2.75) is 23.6 Å². The molecule has 0 atom stereocenters. The Morgan fingerprint density at radius 1 is 1.12 bits per heavy atom. The lowest BCUT2D eigenvalue weighted by molar-refractivity contribution is -0.113. The quantitative estimate of drug-likeness (QED) is 0.553. The molecule has 0 bridgehead atoms. The van der Waals surface area contributed by atoms with Crippen molar-refractivity contribution >= 4 is 39.1 Å². The summed E-state index contributed by atoms with van der Waals surface area (Å²) >= 11 is 1.28. The maximum absolute atomic E-state index is 13.1. The first kappa shape index (κ1) is 24.5. The first-order valence-electron chi connectivity index (χ1n) is 10.5. The number of carbonyl (C=O) groups is 1. The maximum atomic E-state index is 13.1. The molecule has 0 radical (unpaired) electrons. The molecule has 2 aromatic carbocycles. The molecule has 1 aliphatic heterocycles. The number of ether oxygens (including phenoxy) is 1. The van der Waals surface area contributed by atoms with E-state index in [4.69, 9.17) is 4.74 Å². The summed E-state index contributed by atoms with van der Waals surface area (Å²) in [5, 5.41) is 2.87. The van der Waals surface area contributed by atoms with Gasteiger partial charge in [0.15, 0.2) is 0 Å². The van der Waals surface area contributed by atoms with Crippen LogP contribution in [0.5, 0.6) is 0 Å². The van der Waals surface area contributed by atoms with E-state index in [0.29, 0.717) is 45.1 Å². The van der Waals surface area contributed by atoms with Crippen LogP contribution in [0.25, 0.3) is 0 Å². The summed E-state index contributed by atoms with van der Waals surface area (Å²) in [6.45, 7) is 6.74. The van der Waals surface area contributed by atoms with Gasteiger partial charge < -0.3 is 15.0 Å². The molecule has 0 aromatic heterocycles. The molecule has 1 fully saturated rings. The van der Waals surface area contributed by atoms with Crippen molar-refractivity contribution < 1.29 is 22.3 Å². The van der Waals surface area contributed by atoms with Gasteiger partial charge in [0, 0.05) is 31.1 Å². The number of hydrogen-bond acceptors (Lipinski definition) is 6. The molecule has 32 heavy (non-hydrogen) atoms. The van der Waals surface area contributed by atoms with E-state index in [2.05, 4.69) is 5.32 Å². The van der Waals surface area contributed by atoms with Crippen LogP contribution >= 0.6 is 11.8 Å². The number of nitrogens with zero attached hydrogens (tertiary/aromatic N) is 2. The van der Waals surface area contributed by atoms with E-state index in [1.807, 2.05) is 18.7 Å². The lowest BCUT2D eigenvalue weighted by atomic mass is 10.2. The number of thioether (sulfide) groups is 1. The third kappa shape index (κ3) is 6.00. The van der Waals surface area contributed by atoms with Crippen molar-refractivity contribution in [3.63, 3.8) is 0 Å². The van der Waals surface area contributed by atoms with Gasteiger partial charge in [-0.15, -0.1) is 11.8 Å². The number of sulfonamides is 1. The fourth-order valence-electron chi connectivity index (χ4n) is 3.42. The molecule has 1 aliphatic rings. The van der Waals surface area contributed by atoms with Gasteiger partial charge in [-0.1, -0.05) is 0 Å². The SMILES string of the molecule is CCN(CC)c1ccc(S(=O)(=O)N2CCOCC2)cc1NC(=O)CSc1ccc(F)cc1. The van der Waals surface area contributed by atoms with Gasteiger partial charge in [0.05, 0.1) is 35.2 Å². The Kier molecular flexibility index (Phi) is 8.52. The van der Waals surface area contributed by atoms with Crippen LogP contribution in [-0.4, -0.2) is 63.8 Å². The van der Waals surface area contributed by atoms with E-state index in [1.54, 1.807) is 24.3 Å².